The number of nitrogens with zero attached hydrogens (tertiary/aromatic N) is 3. The van der Waals surface area contributed by atoms with Gasteiger partial charge in [0.1, 0.15) is 5.75 Å². The number of carbonyl (C=O) groups is 1. The molecular weight excluding hydrogens is 460 g/mol. The molecule has 0 radical (unpaired) electrons. The van der Waals surface area contributed by atoms with Crippen LogP contribution in [0.2, 0.25) is 5.02 Å². The van der Waals surface area contributed by atoms with Gasteiger partial charge >= 0.3 is 0 Å². The number of hydrogen-bond donors (Lipinski definition) is 1. The molecule has 3 aromatic carbocycles. The zero-order valence-corrected chi connectivity index (χ0v) is 19.9. The van der Waals surface area contributed by atoms with Crippen molar-refractivity contribution < 1.29 is 9.53 Å². The molecule has 5 aromatic rings. The highest BCUT2D eigenvalue weighted by Gasteiger charge is 2.19. The monoisotopic (exact) mass is 482 g/mol. The van der Waals surface area contributed by atoms with Crippen molar-refractivity contribution in [1.29, 1.82) is 0 Å². The van der Waals surface area contributed by atoms with Gasteiger partial charge in [-0.1, -0.05) is 48.0 Å². The van der Waals surface area contributed by atoms with Gasteiger partial charge in [0.2, 0.25) is 5.91 Å². The van der Waals surface area contributed by atoms with Crippen molar-refractivity contribution in [2.75, 3.05) is 12.0 Å². The number of hydrogen-bond acceptors (Lipinski definition) is 4. The van der Waals surface area contributed by atoms with Gasteiger partial charge in [-0.15, -0.1) is 0 Å². The van der Waals surface area contributed by atoms with Crippen molar-refractivity contribution in [2.45, 2.75) is 13.0 Å². The summed E-state index contributed by atoms with van der Waals surface area (Å²) in [4.78, 5) is 27.0. The Morgan fingerprint density at radius 2 is 1.83 bits per heavy atom. The van der Waals surface area contributed by atoms with Gasteiger partial charge in [0.15, 0.2) is 0 Å². The van der Waals surface area contributed by atoms with Crippen LogP contribution in [-0.2, 0) is 17.8 Å². The Bertz CT molecular complexity index is 1460. The number of nitrogens with one attached hydrogen (secondary N) is 1. The van der Waals surface area contributed by atoms with Gasteiger partial charge in [0.25, 0.3) is 0 Å². The second-order valence-corrected chi connectivity index (χ2v) is 8.62. The number of carbonyl (C=O) groups excluding carboxylic acids is 1. The molecule has 2 aromatic heterocycles. The molecule has 0 atom stereocenters. The molecule has 1 amide bonds. The fourth-order valence-electron chi connectivity index (χ4n) is 4.15. The van der Waals surface area contributed by atoms with Gasteiger partial charge in [-0.25, -0.2) is 4.98 Å². The Morgan fingerprint density at radius 1 is 1.00 bits per heavy atom. The van der Waals surface area contributed by atoms with Crippen molar-refractivity contribution in [1.82, 2.24) is 15.0 Å². The summed E-state index contributed by atoms with van der Waals surface area (Å²) in [7, 11) is 1.60. The highest BCUT2D eigenvalue weighted by Crippen LogP contribution is 2.27. The summed E-state index contributed by atoms with van der Waals surface area (Å²) in [6.07, 6.45) is 7.21. The SMILES string of the molecule is COc1cc(Cl)cc(CN(C(=O)Cc2cncc3ccccc23)c2ccc(-c3cnc[nH]3)cc2)c1. The molecule has 0 fully saturated rings. The predicted molar refractivity (Wildman–Crippen MR) is 139 cm³/mol. The lowest BCUT2D eigenvalue weighted by atomic mass is 10.0. The number of aromatic amines is 1. The molecule has 0 spiro atoms. The number of amides is 1. The number of H-pyrrole nitrogens is 1. The Hall–Kier alpha value is -4.16. The zero-order valence-electron chi connectivity index (χ0n) is 19.1. The Kier molecular flexibility index (Phi) is 6.46. The molecule has 1 N–H and O–H groups in total. The van der Waals surface area contributed by atoms with Gasteiger partial charge in [-0.2, -0.15) is 0 Å². The maximum absolute atomic E-state index is 13.7. The van der Waals surface area contributed by atoms with Crippen LogP contribution in [0.5, 0.6) is 5.75 Å². The summed E-state index contributed by atoms with van der Waals surface area (Å²) in [5.74, 6) is 0.601. The summed E-state index contributed by atoms with van der Waals surface area (Å²) < 4.78 is 5.38. The topological polar surface area (TPSA) is 71.1 Å². The smallest absolute Gasteiger partial charge is 0.231 e. The highest BCUT2D eigenvalue weighted by atomic mass is 35.5. The van der Waals surface area contributed by atoms with E-state index in [0.717, 1.165) is 38.8 Å². The van der Waals surface area contributed by atoms with Crippen LogP contribution < -0.4 is 9.64 Å². The standard InChI is InChI=1S/C28H23ClN4O2/c1-35-25-11-19(10-23(29)13-25)17-33(24-8-6-20(7-9-24)27-16-31-18-32-27)28(34)12-22-15-30-14-21-4-2-3-5-26(21)22/h2-11,13-16,18H,12,17H2,1H3,(H,31,32). The summed E-state index contributed by atoms with van der Waals surface area (Å²) in [6, 6.07) is 21.3. The van der Waals surface area contributed by atoms with Crippen molar-refractivity contribution in [2.24, 2.45) is 0 Å². The van der Waals surface area contributed by atoms with E-state index in [2.05, 4.69) is 15.0 Å². The summed E-state index contributed by atoms with van der Waals surface area (Å²) >= 11 is 6.31. The predicted octanol–water partition coefficient (Wildman–Crippen LogP) is 6.06. The molecule has 0 saturated carbocycles. The van der Waals surface area contributed by atoms with E-state index in [1.807, 2.05) is 66.9 Å². The van der Waals surface area contributed by atoms with E-state index in [4.69, 9.17) is 16.3 Å². The number of halogens is 1. The Balaban J connectivity index is 1.50. The van der Waals surface area contributed by atoms with Crippen LogP contribution in [-0.4, -0.2) is 28.0 Å². The number of aromatic nitrogens is 3. The molecule has 0 aliphatic heterocycles. The van der Waals surface area contributed by atoms with Gasteiger partial charge in [0.05, 0.1) is 38.3 Å². The number of pyridine rings is 1. The highest BCUT2D eigenvalue weighted by molar-refractivity contribution is 6.30. The fraction of sp³-hybridized carbons (Fsp3) is 0.107. The number of ether oxygens (including phenoxy) is 1. The third-order valence-electron chi connectivity index (χ3n) is 5.89. The first kappa shape index (κ1) is 22.6. The number of methoxy groups -OCH3 is 1. The van der Waals surface area contributed by atoms with E-state index >= 15 is 0 Å². The minimum Gasteiger partial charge on any atom is -0.497 e. The molecule has 35 heavy (non-hydrogen) atoms. The van der Waals surface area contributed by atoms with Crippen LogP contribution in [0.3, 0.4) is 0 Å². The Morgan fingerprint density at radius 3 is 2.60 bits per heavy atom. The average Bonchev–Trinajstić information content (AvgIpc) is 3.42. The molecule has 0 unspecified atom stereocenters. The summed E-state index contributed by atoms with van der Waals surface area (Å²) in [5.41, 5.74) is 4.44. The van der Waals surface area contributed by atoms with Crippen molar-refractivity contribution >= 4 is 34.0 Å². The van der Waals surface area contributed by atoms with Crippen molar-refractivity contribution in [3.05, 3.63) is 108 Å². The van der Waals surface area contributed by atoms with Crippen LogP contribution in [0.25, 0.3) is 22.0 Å². The molecule has 0 bridgehead atoms. The van der Waals surface area contributed by atoms with Crippen molar-refractivity contribution in [3.8, 4) is 17.0 Å². The molecule has 0 aliphatic rings. The minimum atomic E-state index is -0.0450. The number of rotatable bonds is 7. The molecule has 5 rings (SSSR count). The lowest BCUT2D eigenvalue weighted by Gasteiger charge is -2.24. The zero-order chi connectivity index (χ0) is 24.2. The van der Waals surface area contributed by atoms with Gasteiger partial charge in [-0.05, 0) is 52.4 Å². The fourth-order valence-corrected chi connectivity index (χ4v) is 4.40. The van der Waals surface area contributed by atoms with Crippen LogP contribution >= 0.6 is 11.6 Å². The van der Waals surface area contributed by atoms with Crippen molar-refractivity contribution in [3.63, 3.8) is 0 Å². The third kappa shape index (κ3) is 5.03. The van der Waals surface area contributed by atoms with Crippen LogP contribution in [0.15, 0.2) is 91.6 Å². The normalized spacial score (nSPS) is 10.9. The van der Waals surface area contributed by atoms with E-state index in [1.165, 1.54) is 0 Å². The second kappa shape index (κ2) is 9.99. The molecule has 0 saturated heterocycles. The lowest BCUT2D eigenvalue weighted by Crippen LogP contribution is -2.32. The summed E-state index contributed by atoms with van der Waals surface area (Å²) in [6.45, 7) is 0.345. The number of imidazole rings is 1. The second-order valence-electron chi connectivity index (χ2n) is 8.19. The van der Waals surface area contributed by atoms with Gasteiger partial charge < -0.3 is 14.6 Å². The maximum atomic E-state index is 13.7. The molecule has 6 nitrogen and oxygen atoms in total. The van der Waals surface area contributed by atoms with Gasteiger partial charge in [0, 0.05) is 28.5 Å². The van der Waals surface area contributed by atoms with E-state index < -0.39 is 0 Å². The average molecular weight is 483 g/mol. The third-order valence-corrected chi connectivity index (χ3v) is 6.11. The maximum Gasteiger partial charge on any atom is 0.231 e. The largest absolute Gasteiger partial charge is 0.497 e. The molecule has 2 heterocycles. The Labute approximate surface area is 208 Å². The van der Waals surface area contributed by atoms with E-state index in [1.54, 1.807) is 36.8 Å². The molecule has 174 valence electrons. The minimum absolute atomic E-state index is 0.0450. The first-order valence-electron chi connectivity index (χ1n) is 11.1. The molecular formula is C28H23ClN4O2. The quantitative estimate of drug-likeness (QED) is 0.306. The first-order chi connectivity index (χ1) is 17.1. The van der Waals surface area contributed by atoms with Crippen LogP contribution in [0.4, 0.5) is 5.69 Å². The molecule has 7 heteroatoms. The van der Waals surface area contributed by atoms with E-state index in [-0.39, 0.29) is 12.3 Å². The number of benzene rings is 3. The molecule has 0 aliphatic carbocycles. The van der Waals surface area contributed by atoms with E-state index in [0.29, 0.717) is 17.3 Å². The number of fused-ring (bicyclic) bond motifs is 1. The lowest BCUT2D eigenvalue weighted by molar-refractivity contribution is -0.118. The first-order valence-corrected chi connectivity index (χ1v) is 11.5. The van der Waals surface area contributed by atoms with Gasteiger partial charge in [-0.3, -0.25) is 9.78 Å². The summed E-state index contributed by atoms with van der Waals surface area (Å²) in [5, 5.41) is 2.59. The van der Waals surface area contributed by atoms with Crippen LogP contribution in [0.1, 0.15) is 11.1 Å². The van der Waals surface area contributed by atoms with Crippen LogP contribution in [0, 0.1) is 0 Å². The van der Waals surface area contributed by atoms with E-state index in [9.17, 15) is 4.79 Å². The number of anilines is 1.